The third kappa shape index (κ3) is 3.18. The number of hydrogen-bond donors (Lipinski definition) is 0. The molecule has 0 spiro atoms. The molecule has 22 heavy (non-hydrogen) atoms. The van der Waals surface area contributed by atoms with Gasteiger partial charge in [0.15, 0.2) is 5.69 Å². The molecule has 0 atom stereocenters. The van der Waals surface area contributed by atoms with Crippen LogP contribution in [0.4, 0.5) is 35.1 Å². The van der Waals surface area contributed by atoms with Crippen LogP contribution in [0.25, 0.3) is 11.1 Å². The number of benzene rings is 1. The van der Waals surface area contributed by atoms with Crippen molar-refractivity contribution in [3.8, 4) is 11.1 Å². The monoisotopic (exact) mass is 327 g/mol. The van der Waals surface area contributed by atoms with Crippen LogP contribution in [0.5, 0.6) is 0 Å². The summed E-state index contributed by atoms with van der Waals surface area (Å²) in [5.74, 6) is -3.33. The van der Waals surface area contributed by atoms with Crippen molar-refractivity contribution < 1.29 is 35.1 Å². The molecule has 0 bridgehead atoms. The maximum Gasteiger partial charge on any atom is 0.433 e. The molecule has 0 saturated carbocycles. The number of halogens is 8. The van der Waals surface area contributed by atoms with Crippen molar-refractivity contribution in [3.63, 3.8) is 0 Å². The van der Waals surface area contributed by atoms with Crippen LogP contribution in [0.3, 0.4) is 0 Å². The molecule has 2 rings (SSSR count). The Kier molecular flexibility index (Phi) is 3.84. The van der Waals surface area contributed by atoms with Crippen LogP contribution in [-0.4, -0.2) is 4.98 Å². The summed E-state index contributed by atoms with van der Waals surface area (Å²) in [7, 11) is 0. The van der Waals surface area contributed by atoms with Crippen LogP contribution in [0.15, 0.2) is 30.3 Å². The molecule has 9 heteroatoms. The van der Waals surface area contributed by atoms with E-state index in [1.807, 2.05) is 0 Å². The van der Waals surface area contributed by atoms with Gasteiger partial charge in [0.1, 0.15) is 5.82 Å². The molecule has 1 aromatic heterocycles. The lowest BCUT2D eigenvalue weighted by atomic mass is 10.0. The minimum absolute atomic E-state index is 0.0178. The van der Waals surface area contributed by atoms with Crippen LogP contribution in [-0.2, 0) is 12.4 Å². The summed E-state index contributed by atoms with van der Waals surface area (Å²) in [5.41, 5.74) is -4.11. The van der Waals surface area contributed by atoms with Gasteiger partial charge in [-0.05, 0) is 17.7 Å². The van der Waals surface area contributed by atoms with Gasteiger partial charge in [0, 0.05) is 6.07 Å². The van der Waals surface area contributed by atoms with Gasteiger partial charge in [0.25, 0.3) is 0 Å². The first-order chi connectivity index (χ1) is 10.00. The SMILES string of the molecule is Fc1cc(C(F)(F)F)nc(F)c1-c1ccc(C(F)(F)F)cc1. The van der Waals surface area contributed by atoms with E-state index in [4.69, 9.17) is 0 Å². The van der Waals surface area contributed by atoms with E-state index in [0.717, 1.165) is 12.1 Å². The summed E-state index contributed by atoms with van der Waals surface area (Å²) in [4.78, 5) is 2.60. The summed E-state index contributed by atoms with van der Waals surface area (Å²) in [6.07, 6.45) is -9.69. The molecule has 0 aliphatic rings. The van der Waals surface area contributed by atoms with Crippen molar-refractivity contribution in [1.29, 1.82) is 0 Å². The first kappa shape index (κ1) is 16.2. The van der Waals surface area contributed by atoms with Crippen molar-refractivity contribution in [2.24, 2.45) is 0 Å². The number of rotatable bonds is 1. The highest BCUT2D eigenvalue weighted by Gasteiger charge is 2.35. The molecular weight excluding hydrogens is 322 g/mol. The Morgan fingerprint density at radius 3 is 1.73 bits per heavy atom. The van der Waals surface area contributed by atoms with Crippen LogP contribution in [0, 0.1) is 11.8 Å². The first-order valence-electron chi connectivity index (χ1n) is 5.61. The summed E-state index contributed by atoms with van der Waals surface area (Å²) in [6.45, 7) is 0. The fraction of sp³-hybridized carbons (Fsp3) is 0.154. The second kappa shape index (κ2) is 5.22. The summed E-state index contributed by atoms with van der Waals surface area (Å²) in [6, 6.07) is 2.60. The van der Waals surface area contributed by atoms with Gasteiger partial charge in [-0.25, -0.2) is 9.37 Å². The van der Waals surface area contributed by atoms with Gasteiger partial charge in [-0.15, -0.1) is 0 Å². The Labute approximate surface area is 118 Å². The van der Waals surface area contributed by atoms with Crippen molar-refractivity contribution in [2.75, 3.05) is 0 Å². The standard InChI is InChI=1S/C13H5F8N/c14-8-5-9(13(19,20)21)22-11(15)10(8)6-1-3-7(4-2-6)12(16,17)18/h1-5H. The Morgan fingerprint density at radius 2 is 1.32 bits per heavy atom. The molecule has 0 amide bonds. The van der Waals surface area contributed by atoms with Crippen molar-refractivity contribution >= 4 is 0 Å². The number of aromatic nitrogens is 1. The zero-order valence-electron chi connectivity index (χ0n) is 10.4. The van der Waals surface area contributed by atoms with E-state index in [0.29, 0.717) is 12.1 Å². The van der Waals surface area contributed by atoms with E-state index in [1.54, 1.807) is 0 Å². The molecule has 2 aromatic rings. The number of hydrogen-bond acceptors (Lipinski definition) is 1. The Morgan fingerprint density at radius 1 is 0.773 bits per heavy atom. The normalized spacial score (nSPS) is 12.5. The van der Waals surface area contributed by atoms with E-state index < -0.39 is 40.9 Å². The van der Waals surface area contributed by atoms with Gasteiger partial charge in [-0.1, -0.05) is 12.1 Å². The lowest BCUT2D eigenvalue weighted by molar-refractivity contribution is -0.141. The van der Waals surface area contributed by atoms with Gasteiger partial charge in [0.05, 0.1) is 11.1 Å². The average Bonchev–Trinajstić information content (AvgIpc) is 2.36. The summed E-state index contributed by atoms with van der Waals surface area (Å²) >= 11 is 0. The molecule has 0 fully saturated rings. The van der Waals surface area contributed by atoms with E-state index in [2.05, 4.69) is 4.98 Å². The molecule has 0 unspecified atom stereocenters. The number of alkyl halides is 6. The van der Waals surface area contributed by atoms with Gasteiger partial charge in [0.2, 0.25) is 5.95 Å². The van der Waals surface area contributed by atoms with Crippen LogP contribution in [0.2, 0.25) is 0 Å². The second-order valence-corrected chi connectivity index (χ2v) is 4.23. The van der Waals surface area contributed by atoms with E-state index in [1.165, 1.54) is 0 Å². The van der Waals surface area contributed by atoms with E-state index >= 15 is 0 Å². The summed E-state index contributed by atoms with van der Waals surface area (Å²) in [5, 5.41) is 0. The number of pyridine rings is 1. The highest BCUT2D eigenvalue weighted by molar-refractivity contribution is 5.64. The van der Waals surface area contributed by atoms with Gasteiger partial charge < -0.3 is 0 Å². The van der Waals surface area contributed by atoms with Gasteiger partial charge >= 0.3 is 12.4 Å². The molecule has 0 saturated heterocycles. The zero-order valence-corrected chi connectivity index (χ0v) is 10.4. The first-order valence-corrected chi connectivity index (χ1v) is 5.61. The predicted octanol–water partition coefficient (Wildman–Crippen LogP) is 5.06. The fourth-order valence-corrected chi connectivity index (χ4v) is 1.71. The lowest BCUT2D eigenvalue weighted by Gasteiger charge is -2.11. The highest BCUT2D eigenvalue weighted by atomic mass is 19.4. The average molecular weight is 327 g/mol. The van der Waals surface area contributed by atoms with Crippen LogP contribution in [0.1, 0.15) is 11.3 Å². The highest BCUT2D eigenvalue weighted by Crippen LogP contribution is 2.34. The minimum atomic E-state index is -5.04. The fourth-order valence-electron chi connectivity index (χ4n) is 1.71. The molecule has 118 valence electrons. The Bertz CT molecular complexity index is 662. The molecule has 0 radical (unpaired) electrons. The molecule has 1 aromatic carbocycles. The molecule has 0 N–H and O–H groups in total. The van der Waals surface area contributed by atoms with Crippen molar-refractivity contribution in [2.45, 2.75) is 12.4 Å². The van der Waals surface area contributed by atoms with Crippen molar-refractivity contribution in [1.82, 2.24) is 4.98 Å². The topological polar surface area (TPSA) is 12.9 Å². The third-order valence-corrected chi connectivity index (χ3v) is 2.72. The lowest BCUT2D eigenvalue weighted by Crippen LogP contribution is -2.11. The van der Waals surface area contributed by atoms with Crippen LogP contribution < -0.4 is 0 Å². The Hall–Kier alpha value is -2.19. The molecule has 0 aliphatic heterocycles. The maximum atomic E-state index is 13.7. The largest absolute Gasteiger partial charge is 0.433 e. The van der Waals surface area contributed by atoms with E-state index in [-0.39, 0.29) is 11.6 Å². The predicted molar refractivity (Wildman–Crippen MR) is 59.6 cm³/mol. The molecule has 1 heterocycles. The van der Waals surface area contributed by atoms with Gasteiger partial charge in [-0.3, -0.25) is 0 Å². The maximum absolute atomic E-state index is 13.7. The molecule has 1 nitrogen and oxygen atoms in total. The third-order valence-electron chi connectivity index (χ3n) is 2.72. The Balaban J connectivity index is 2.50. The zero-order chi connectivity index (χ0) is 16.7. The van der Waals surface area contributed by atoms with Crippen LogP contribution >= 0.6 is 0 Å². The summed E-state index contributed by atoms with van der Waals surface area (Å²) < 4.78 is 101. The smallest absolute Gasteiger partial charge is 0.214 e. The quantitative estimate of drug-likeness (QED) is 0.527. The van der Waals surface area contributed by atoms with Crippen molar-refractivity contribution in [3.05, 3.63) is 53.4 Å². The second-order valence-electron chi connectivity index (χ2n) is 4.23. The number of nitrogens with zero attached hydrogens (tertiary/aromatic N) is 1. The van der Waals surface area contributed by atoms with E-state index in [9.17, 15) is 35.1 Å². The molecule has 0 aliphatic carbocycles. The minimum Gasteiger partial charge on any atom is -0.214 e. The molecular formula is C13H5F8N. The van der Waals surface area contributed by atoms with Gasteiger partial charge in [-0.2, -0.15) is 30.7 Å².